The maximum Gasteiger partial charge on any atom is 0.253 e. The summed E-state index contributed by atoms with van der Waals surface area (Å²) >= 11 is 5.88. The maximum absolute atomic E-state index is 12.7. The normalized spacial score (nSPS) is 20.4. The van der Waals surface area contributed by atoms with Gasteiger partial charge in [-0.1, -0.05) is 25.4 Å². The van der Waals surface area contributed by atoms with Gasteiger partial charge in [0.1, 0.15) is 0 Å². The van der Waals surface area contributed by atoms with Crippen molar-refractivity contribution >= 4 is 17.5 Å². The molecule has 0 aromatic heterocycles. The molecular weight excluding hydrogens is 300 g/mol. The van der Waals surface area contributed by atoms with Crippen LogP contribution in [-0.2, 0) is 0 Å². The minimum absolute atomic E-state index is 0.00936. The Morgan fingerprint density at radius 3 is 2.55 bits per heavy atom. The number of likely N-dealkylation sites (tertiary alicyclic amines) is 1. The second-order valence-corrected chi connectivity index (χ2v) is 6.87. The average Bonchev–Trinajstić information content (AvgIpc) is 2.89. The SMILES string of the molecule is CC(C)C(CN1CCC(O)C1)N(C)C(=O)c1ccc(Cl)cc1. The summed E-state index contributed by atoms with van der Waals surface area (Å²) in [4.78, 5) is 16.7. The number of carbonyl (C=O) groups excluding carboxylic acids is 1. The number of hydrogen-bond acceptors (Lipinski definition) is 3. The van der Waals surface area contributed by atoms with E-state index in [1.54, 1.807) is 24.3 Å². The van der Waals surface area contributed by atoms with E-state index in [2.05, 4.69) is 18.7 Å². The minimum Gasteiger partial charge on any atom is -0.392 e. The van der Waals surface area contributed by atoms with E-state index in [-0.39, 0.29) is 18.1 Å². The highest BCUT2D eigenvalue weighted by molar-refractivity contribution is 6.30. The Morgan fingerprint density at radius 2 is 2.05 bits per heavy atom. The molecule has 1 heterocycles. The fourth-order valence-corrected chi connectivity index (χ4v) is 3.10. The topological polar surface area (TPSA) is 43.8 Å². The number of likely N-dealkylation sites (N-methyl/N-ethyl adjacent to an activating group) is 1. The van der Waals surface area contributed by atoms with Crippen molar-refractivity contribution in [2.24, 2.45) is 5.92 Å². The summed E-state index contributed by atoms with van der Waals surface area (Å²) in [5, 5.41) is 10.3. The Labute approximate surface area is 137 Å². The highest BCUT2D eigenvalue weighted by Gasteiger charge is 2.29. The van der Waals surface area contributed by atoms with Crippen LogP contribution in [-0.4, -0.2) is 59.6 Å². The van der Waals surface area contributed by atoms with E-state index in [4.69, 9.17) is 11.6 Å². The lowest BCUT2D eigenvalue weighted by atomic mass is 10.0. The van der Waals surface area contributed by atoms with Gasteiger partial charge in [-0.15, -0.1) is 0 Å². The second kappa shape index (κ2) is 7.44. The molecule has 2 atom stereocenters. The molecule has 4 nitrogen and oxygen atoms in total. The summed E-state index contributed by atoms with van der Waals surface area (Å²) in [6.07, 6.45) is 0.588. The Kier molecular flexibility index (Phi) is 5.84. The van der Waals surface area contributed by atoms with Crippen LogP contribution in [0, 0.1) is 5.92 Å². The van der Waals surface area contributed by atoms with Gasteiger partial charge in [-0.3, -0.25) is 9.69 Å². The van der Waals surface area contributed by atoms with Gasteiger partial charge in [0.2, 0.25) is 0 Å². The van der Waals surface area contributed by atoms with Gasteiger partial charge in [0.25, 0.3) is 5.91 Å². The largest absolute Gasteiger partial charge is 0.392 e. The maximum atomic E-state index is 12.7. The number of amides is 1. The van der Waals surface area contributed by atoms with Crippen molar-refractivity contribution in [1.29, 1.82) is 0 Å². The number of nitrogens with zero attached hydrogens (tertiary/aromatic N) is 2. The van der Waals surface area contributed by atoms with Crippen LogP contribution in [0.1, 0.15) is 30.6 Å². The molecule has 0 spiro atoms. The molecule has 1 N–H and O–H groups in total. The fourth-order valence-electron chi connectivity index (χ4n) is 2.97. The predicted molar refractivity (Wildman–Crippen MR) is 89.2 cm³/mol. The quantitative estimate of drug-likeness (QED) is 0.905. The monoisotopic (exact) mass is 324 g/mol. The van der Waals surface area contributed by atoms with E-state index in [1.165, 1.54) is 0 Å². The first-order chi connectivity index (χ1) is 10.4. The number of halogens is 1. The summed E-state index contributed by atoms with van der Waals surface area (Å²) in [7, 11) is 1.86. The molecule has 0 bridgehead atoms. The third-order valence-corrected chi connectivity index (χ3v) is 4.62. The van der Waals surface area contributed by atoms with E-state index in [0.29, 0.717) is 23.0 Å². The molecule has 1 aromatic rings. The smallest absolute Gasteiger partial charge is 0.253 e. The zero-order chi connectivity index (χ0) is 16.3. The summed E-state index contributed by atoms with van der Waals surface area (Å²) < 4.78 is 0. The van der Waals surface area contributed by atoms with Gasteiger partial charge in [-0.2, -0.15) is 0 Å². The molecule has 1 aliphatic rings. The number of aliphatic hydroxyl groups is 1. The van der Waals surface area contributed by atoms with Gasteiger partial charge in [0.05, 0.1) is 6.10 Å². The molecule has 1 aromatic carbocycles. The van der Waals surface area contributed by atoms with Gasteiger partial charge >= 0.3 is 0 Å². The van der Waals surface area contributed by atoms with Crippen LogP contribution in [0.4, 0.5) is 0 Å². The lowest BCUT2D eigenvalue weighted by Gasteiger charge is -2.34. The average molecular weight is 325 g/mol. The standard InChI is InChI=1S/C17H25ClN2O2/c1-12(2)16(11-20-9-8-15(21)10-20)19(3)17(22)13-4-6-14(18)7-5-13/h4-7,12,15-16,21H,8-11H2,1-3H3. The van der Waals surface area contributed by atoms with Gasteiger partial charge in [-0.25, -0.2) is 0 Å². The van der Waals surface area contributed by atoms with E-state index in [1.807, 2.05) is 11.9 Å². The van der Waals surface area contributed by atoms with Crippen LogP contribution in [0.5, 0.6) is 0 Å². The first-order valence-corrected chi connectivity index (χ1v) is 8.19. The minimum atomic E-state index is -0.231. The van der Waals surface area contributed by atoms with E-state index >= 15 is 0 Å². The molecule has 5 heteroatoms. The second-order valence-electron chi connectivity index (χ2n) is 6.44. The molecule has 0 aliphatic carbocycles. The molecule has 122 valence electrons. The highest BCUT2D eigenvalue weighted by Crippen LogP contribution is 2.18. The predicted octanol–water partition coefficient (Wildman–Crippen LogP) is 2.50. The number of aliphatic hydroxyl groups excluding tert-OH is 1. The first kappa shape index (κ1) is 17.3. The van der Waals surface area contributed by atoms with Crippen molar-refractivity contribution in [2.45, 2.75) is 32.4 Å². The van der Waals surface area contributed by atoms with Crippen molar-refractivity contribution < 1.29 is 9.90 Å². The number of benzene rings is 1. The van der Waals surface area contributed by atoms with Gasteiger partial charge in [0, 0.05) is 43.3 Å². The van der Waals surface area contributed by atoms with Gasteiger partial charge < -0.3 is 10.0 Å². The zero-order valence-corrected chi connectivity index (χ0v) is 14.3. The highest BCUT2D eigenvalue weighted by atomic mass is 35.5. The molecule has 1 fully saturated rings. The molecule has 22 heavy (non-hydrogen) atoms. The summed E-state index contributed by atoms with van der Waals surface area (Å²) in [6.45, 7) is 6.65. The van der Waals surface area contributed by atoms with E-state index < -0.39 is 0 Å². The molecule has 0 radical (unpaired) electrons. The Morgan fingerprint density at radius 1 is 1.41 bits per heavy atom. The molecule has 1 amide bonds. The zero-order valence-electron chi connectivity index (χ0n) is 13.5. The number of β-amino-alcohol motifs (C(OH)–C–C–N with tert-alkyl or cyclic N) is 1. The third kappa shape index (κ3) is 4.22. The molecule has 2 rings (SSSR count). The van der Waals surface area contributed by atoms with Crippen molar-refractivity contribution in [3.05, 3.63) is 34.9 Å². The van der Waals surface area contributed by atoms with Crippen molar-refractivity contribution in [2.75, 3.05) is 26.7 Å². The molecule has 2 unspecified atom stereocenters. The Bertz CT molecular complexity index is 504. The van der Waals surface area contributed by atoms with Crippen molar-refractivity contribution in [3.8, 4) is 0 Å². The van der Waals surface area contributed by atoms with Crippen LogP contribution in [0.25, 0.3) is 0 Å². The van der Waals surface area contributed by atoms with Crippen LogP contribution in [0.2, 0.25) is 5.02 Å². The number of rotatable bonds is 5. The fraction of sp³-hybridized carbons (Fsp3) is 0.588. The lowest BCUT2D eigenvalue weighted by molar-refractivity contribution is 0.0633. The summed E-state index contributed by atoms with van der Waals surface area (Å²) in [5.41, 5.74) is 0.652. The van der Waals surface area contributed by atoms with Crippen LogP contribution < -0.4 is 0 Å². The third-order valence-electron chi connectivity index (χ3n) is 4.37. The van der Waals surface area contributed by atoms with Gasteiger partial charge in [-0.05, 0) is 36.6 Å². The van der Waals surface area contributed by atoms with Crippen LogP contribution in [0.3, 0.4) is 0 Å². The molecule has 0 saturated carbocycles. The number of carbonyl (C=O) groups is 1. The Balaban J connectivity index is 2.06. The first-order valence-electron chi connectivity index (χ1n) is 7.81. The Hall–Kier alpha value is -1.10. The molecule has 1 aliphatic heterocycles. The summed E-state index contributed by atoms with van der Waals surface area (Å²) in [5.74, 6) is 0.356. The number of hydrogen-bond donors (Lipinski definition) is 1. The lowest BCUT2D eigenvalue weighted by Crippen LogP contribution is -2.47. The van der Waals surface area contributed by atoms with Crippen molar-refractivity contribution in [3.63, 3.8) is 0 Å². The van der Waals surface area contributed by atoms with Crippen LogP contribution in [0.15, 0.2) is 24.3 Å². The summed E-state index contributed by atoms with van der Waals surface area (Å²) in [6, 6.07) is 7.12. The molecular formula is C17H25ClN2O2. The molecule has 1 saturated heterocycles. The van der Waals surface area contributed by atoms with E-state index in [0.717, 1.165) is 19.5 Å². The van der Waals surface area contributed by atoms with Gasteiger partial charge in [0.15, 0.2) is 0 Å². The van der Waals surface area contributed by atoms with Crippen LogP contribution >= 0.6 is 11.6 Å². The van der Waals surface area contributed by atoms with E-state index in [9.17, 15) is 9.90 Å². The van der Waals surface area contributed by atoms with Crippen molar-refractivity contribution in [1.82, 2.24) is 9.80 Å².